The third-order valence-corrected chi connectivity index (χ3v) is 2.16. The highest BCUT2D eigenvalue weighted by Crippen LogP contribution is 2.15. The van der Waals surface area contributed by atoms with E-state index in [-0.39, 0.29) is 5.78 Å². The van der Waals surface area contributed by atoms with Crippen LogP contribution in [0.2, 0.25) is 0 Å². The summed E-state index contributed by atoms with van der Waals surface area (Å²) in [5, 5.41) is 0. The number of Topliss-reactive ketones (excluding diaryl/α,β-unsaturated/α-hetero) is 1. The van der Waals surface area contributed by atoms with Crippen LogP contribution in [0.5, 0.6) is 0 Å². The van der Waals surface area contributed by atoms with Crippen LogP contribution in [0.15, 0.2) is 30.0 Å². The van der Waals surface area contributed by atoms with Crippen LogP contribution in [-0.2, 0) is 4.74 Å². The molecule has 0 saturated carbocycles. The number of aromatic nitrogens is 1. The van der Waals surface area contributed by atoms with Gasteiger partial charge in [0.2, 0.25) is 5.78 Å². The molecule has 4 nitrogen and oxygen atoms in total. The fourth-order valence-corrected chi connectivity index (χ4v) is 1.42. The normalized spacial score (nSPS) is 15.3. The van der Waals surface area contributed by atoms with Gasteiger partial charge in [-0.1, -0.05) is 6.07 Å². The molecule has 4 heteroatoms. The Morgan fingerprint density at radius 2 is 2.33 bits per heavy atom. The summed E-state index contributed by atoms with van der Waals surface area (Å²) in [7, 11) is 0. The van der Waals surface area contributed by atoms with Crippen molar-refractivity contribution < 1.29 is 9.53 Å². The van der Waals surface area contributed by atoms with Gasteiger partial charge in [-0.05, 0) is 31.1 Å². The smallest absolute Gasteiger partial charge is 0.245 e. The van der Waals surface area contributed by atoms with Gasteiger partial charge in [-0.15, -0.1) is 0 Å². The highest BCUT2D eigenvalue weighted by atomic mass is 16.5. The quantitative estimate of drug-likeness (QED) is 0.742. The van der Waals surface area contributed by atoms with Crippen LogP contribution in [0, 0.1) is 0 Å². The lowest BCUT2D eigenvalue weighted by Gasteiger charge is -2.13. The van der Waals surface area contributed by atoms with E-state index in [4.69, 9.17) is 10.5 Å². The maximum Gasteiger partial charge on any atom is 0.245 e. The van der Waals surface area contributed by atoms with E-state index in [1.54, 1.807) is 24.3 Å². The van der Waals surface area contributed by atoms with Gasteiger partial charge in [0, 0.05) is 0 Å². The zero-order valence-corrected chi connectivity index (χ0v) is 8.27. The minimum absolute atomic E-state index is 0.193. The van der Waals surface area contributed by atoms with Crippen molar-refractivity contribution in [3.63, 3.8) is 0 Å². The summed E-state index contributed by atoms with van der Waals surface area (Å²) in [4.78, 5) is 15.8. The van der Waals surface area contributed by atoms with Crippen molar-refractivity contribution in [2.75, 3.05) is 12.3 Å². The molecule has 1 aliphatic rings. The molecule has 2 rings (SSSR count). The number of hydrogen-bond donors (Lipinski definition) is 1. The molecule has 0 radical (unpaired) electrons. The Balaban J connectivity index is 2.24. The van der Waals surface area contributed by atoms with Crippen molar-refractivity contribution in [2.24, 2.45) is 0 Å². The molecule has 0 aromatic carbocycles. The van der Waals surface area contributed by atoms with E-state index >= 15 is 0 Å². The molecule has 0 aliphatic carbocycles. The van der Waals surface area contributed by atoms with Crippen LogP contribution >= 0.6 is 0 Å². The molecular weight excluding hydrogens is 192 g/mol. The summed E-state index contributed by atoms with van der Waals surface area (Å²) in [6, 6.07) is 4.99. The lowest BCUT2D eigenvalue weighted by molar-refractivity contribution is 0.0894. The van der Waals surface area contributed by atoms with Crippen molar-refractivity contribution in [2.45, 2.75) is 12.8 Å². The predicted octanol–water partition coefficient (Wildman–Crippen LogP) is 1.54. The third-order valence-electron chi connectivity index (χ3n) is 2.16. The van der Waals surface area contributed by atoms with E-state index in [1.165, 1.54) is 0 Å². The lowest BCUT2D eigenvalue weighted by atomic mass is 10.1. The Kier molecular flexibility index (Phi) is 2.67. The number of anilines is 1. The highest BCUT2D eigenvalue weighted by molar-refractivity contribution is 6.06. The van der Waals surface area contributed by atoms with Gasteiger partial charge in [-0.25, -0.2) is 4.98 Å². The molecule has 1 aliphatic heterocycles. The second kappa shape index (κ2) is 4.13. The number of nitrogens with zero attached hydrogens (tertiary/aromatic N) is 1. The maximum absolute atomic E-state index is 11.8. The van der Waals surface area contributed by atoms with E-state index in [0.29, 0.717) is 23.9 Å². The van der Waals surface area contributed by atoms with Crippen LogP contribution in [0.1, 0.15) is 23.3 Å². The first-order valence-corrected chi connectivity index (χ1v) is 4.87. The molecule has 0 bridgehead atoms. The number of pyridine rings is 1. The number of nitrogens with two attached hydrogens (primary N) is 1. The summed E-state index contributed by atoms with van der Waals surface area (Å²) in [5.41, 5.74) is 5.84. The third kappa shape index (κ3) is 2.15. The number of carbonyl (C=O) groups is 1. The molecule has 2 N–H and O–H groups in total. The van der Waals surface area contributed by atoms with E-state index in [1.807, 2.05) is 0 Å². The first-order chi connectivity index (χ1) is 7.27. The Hall–Kier alpha value is -1.84. The molecule has 0 spiro atoms. The van der Waals surface area contributed by atoms with Crippen molar-refractivity contribution in [3.8, 4) is 0 Å². The van der Waals surface area contributed by atoms with Crippen molar-refractivity contribution in [1.29, 1.82) is 0 Å². The molecule has 0 fully saturated rings. The van der Waals surface area contributed by atoms with Gasteiger partial charge >= 0.3 is 0 Å². The molecule has 0 unspecified atom stereocenters. The van der Waals surface area contributed by atoms with Crippen molar-refractivity contribution >= 4 is 11.6 Å². The molecule has 2 heterocycles. The van der Waals surface area contributed by atoms with Gasteiger partial charge in [0.15, 0.2) is 5.76 Å². The van der Waals surface area contributed by atoms with E-state index in [0.717, 1.165) is 12.8 Å². The average Bonchev–Trinajstić information content (AvgIpc) is 2.29. The number of carbonyl (C=O) groups excluding carboxylic acids is 1. The van der Waals surface area contributed by atoms with Gasteiger partial charge in [-0.2, -0.15) is 0 Å². The van der Waals surface area contributed by atoms with Gasteiger partial charge < -0.3 is 10.5 Å². The minimum atomic E-state index is -0.193. The van der Waals surface area contributed by atoms with Gasteiger partial charge in [-0.3, -0.25) is 4.79 Å². The summed E-state index contributed by atoms with van der Waals surface area (Å²) in [6.45, 7) is 0.597. The van der Waals surface area contributed by atoms with Gasteiger partial charge in [0.1, 0.15) is 11.5 Å². The van der Waals surface area contributed by atoms with E-state index in [9.17, 15) is 4.79 Å². The van der Waals surface area contributed by atoms with Crippen LogP contribution in [0.4, 0.5) is 5.82 Å². The number of ketones is 1. The SMILES string of the molecule is Nc1cccc(C(=O)C2=CCCCO2)n1. The highest BCUT2D eigenvalue weighted by Gasteiger charge is 2.17. The molecule has 0 atom stereocenters. The fourth-order valence-electron chi connectivity index (χ4n) is 1.42. The number of nitrogen functional groups attached to an aromatic ring is 1. The summed E-state index contributed by atoms with van der Waals surface area (Å²) in [6.07, 6.45) is 3.64. The first kappa shape index (κ1) is 9.71. The average molecular weight is 204 g/mol. The zero-order chi connectivity index (χ0) is 10.7. The van der Waals surface area contributed by atoms with Crippen LogP contribution in [-0.4, -0.2) is 17.4 Å². The molecular formula is C11H12N2O2. The molecule has 78 valence electrons. The molecule has 0 saturated heterocycles. The number of rotatable bonds is 2. The van der Waals surface area contributed by atoms with E-state index < -0.39 is 0 Å². The molecule has 1 aromatic rings. The Morgan fingerprint density at radius 1 is 1.47 bits per heavy atom. The lowest BCUT2D eigenvalue weighted by Crippen LogP contribution is -2.13. The van der Waals surface area contributed by atoms with Gasteiger partial charge in [0.25, 0.3) is 0 Å². The predicted molar refractivity (Wildman–Crippen MR) is 56.2 cm³/mol. The number of ether oxygens (including phenoxy) is 1. The Morgan fingerprint density at radius 3 is 3.00 bits per heavy atom. The fraction of sp³-hybridized carbons (Fsp3) is 0.273. The second-order valence-electron chi connectivity index (χ2n) is 3.34. The van der Waals surface area contributed by atoms with Crippen molar-refractivity contribution in [1.82, 2.24) is 4.98 Å². The summed E-state index contributed by atoms with van der Waals surface area (Å²) < 4.78 is 5.26. The van der Waals surface area contributed by atoms with Crippen LogP contribution in [0.25, 0.3) is 0 Å². The summed E-state index contributed by atoms with van der Waals surface area (Å²) in [5.74, 6) is 0.540. The van der Waals surface area contributed by atoms with Crippen LogP contribution in [0.3, 0.4) is 0 Å². The van der Waals surface area contributed by atoms with Crippen LogP contribution < -0.4 is 5.73 Å². The number of allylic oxidation sites excluding steroid dienone is 2. The molecule has 1 aromatic heterocycles. The first-order valence-electron chi connectivity index (χ1n) is 4.87. The minimum Gasteiger partial charge on any atom is -0.490 e. The Labute approximate surface area is 87.8 Å². The summed E-state index contributed by atoms with van der Waals surface area (Å²) >= 11 is 0. The molecule has 15 heavy (non-hydrogen) atoms. The second-order valence-corrected chi connectivity index (χ2v) is 3.34. The maximum atomic E-state index is 11.8. The monoisotopic (exact) mass is 204 g/mol. The van der Waals surface area contributed by atoms with Crippen molar-refractivity contribution in [3.05, 3.63) is 35.7 Å². The topological polar surface area (TPSA) is 65.2 Å². The largest absolute Gasteiger partial charge is 0.490 e. The van der Waals surface area contributed by atoms with Gasteiger partial charge in [0.05, 0.1) is 6.61 Å². The van der Waals surface area contributed by atoms with E-state index in [2.05, 4.69) is 4.98 Å². The number of hydrogen-bond acceptors (Lipinski definition) is 4. The zero-order valence-electron chi connectivity index (χ0n) is 8.27. The Bertz CT molecular complexity index is 413. The standard InChI is InChI=1S/C11H12N2O2/c12-10-6-3-4-8(13-10)11(14)9-5-1-2-7-15-9/h3-6H,1-2,7H2,(H2,12,13). The molecule has 0 amide bonds.